The third-order valence-corrected chi connectivity index (χ3v) is 11.2. The zero-order valence-corrected chi connectivity index (χ0v) is 34.8. The fourth-order valence-electron chi connectivity index (χ4n) is 5.02. The molecule has 2 fully saturated rings. The molecule has 0 bridgehead atoms. The van der Waals surface area contributed by atoms with Crippen LogP contribution in [-0.4, -0.2) is 25.4 Å². The summed E-state index contributed by atoms with van der Waals surface area (Å²) in [6.45, 7) is 4.94. The monoisotopic (exact) mass is 934 g/mol. The van der Waals surface area contributed by atoms with Crippen LogP contribution in [0, 0.1) is 181 Å². The summed E-state index contributed by atoms with van der Waals surface area (Å²) < 4.78 is 180. The number of hydrogen-bond acceptors (Lipinski definition) is 0. The molecule has 0 nitrogen and oxygen atoms in total. The van der Waals surface area contributed by atoms with Gasteiger partial charge >= 0.3 is 43.6 Å². The van der Waals surface area contributed by atoms with E-state index >= 15 is 0 Å². The number of hydrogen-bond donors (Lipinski definition) is 0. The maximum absolute atomic E-state index is 12.0. The van der Waals surface area contributed by atoms with Crippen molar-refractivity contribution in [2.24, 2.45) is 0 Å². The van der Waals surface area contributed by atoms with Crippen molar-refractivity contribution < 1.29 is 92.1 Å². The third-order valence-electron chi connectivity index (χ3n) is 7.68. The molecule has 0 amide bonds. The predicted octanol–water partition coefficient (Wildman–Crippen LogP) is 11.4. The summed E-state index contributed by atoms with van der Waals surface area (Å²) in [5, 5.41) is 0. The van der Waals surface area contributed by atoms with Crippen molar-refractivity contribution in [2.75, 3.05) is 0 Å². The first-order chi connectivity index (χ1) is 25.3. The number of fused-ring (bicyclic) bond motifs is 2. The fraction of sp³-hybridized carbons (Fsp3) is 0.0500. The average molecular weight is 936 g/mol. The van der Waals surface area contributed by atoms with Crippen molar-refractivity contribution in [1.29, 1.82) is 0 Å². The van der Waals surface area contributed by atoms with E-state index in [-0.39, 0.29) is 58.4 Å². The molecule has 0 heterocycles. The Hall–Kier alpha value is -2.80. The maximum Gasteiger partial charge on any atom is 4.00 e. The third kappa shape index (κ3) is 12.2. The normalized spacial score (nSPS) is 16.2. The molecule has 3 aromatic rings. The van der Waals surface area contributed by atoms with Crippen molar-refractivity contribution in [3.63, 3.8) is 0 Å². The molecule has 0 N–H and O–H groups in total. The van der Waals surface area contributed by atoms with E-state index in [0.29, 0.717) is 0 Å². The van der Waals surface area contributed by atoms with E-state index in [1.54, 1.807) is 11.1 Å². The van der Waals surface area contributed by atoms with Gasteiger partial charge in [-0.3, -0.25) is 26.3 Å². The Balaban J connectivity index is 0.000000770. The largest absolute Gasteiger partial charge is 4.00 e. The van der Waals surface area contributed by atoms with Gasteiger partial charge in [0, 0.05) is 23.7 Å². The second-order valence-corrected chi connectivity index (χ2v) is 15.7. The van der Waals surface area contributed by atoms with Gasteiger partial charge in [-0.1, -0.05) is 61.7 Å². The quantitative estimate of drug-likeness (QED) is 0.0790. The molecule has 0 aromatic heterocycles. The SMILES string of the molecule is C[Si](C)([C]1[CH][CH][C]2C=CC=C[C]21)[C]1[CH][CH][C]2C=CC=C[C]21.Fc1[c-]c(F)c(F)c(F)c1F.Fc1[c-]c(F)c(F)c(F)c1F.Fc1[c-]c(F)c(F)c(F)c1F.[Al+3].[CH3-].[CH3-].[Zr+4]. The van der Waals surface area contributed by atoms with Crippen LogP contribution in [-0.2, 0) is 26.2 Å². The van der Waals surface area contributed by atoms with Crippen LogP contribution >= 0.6 is 0 Å². The van der Waals surface area contributed by atoms with Crippen LogP contribution in [0.3, 0.4) is 0 Å². The van der Waals surface area contributed by atoms with Gasteiger partial charge in [-0.15, -0.1) is 18.2 Å². The predicted molar refractivity (Wildman–Crippen MR) is 184 cm³/mol. The summed E-state index contributed by atoms with van der Waals surface area (Å²) in [6.07, 6.45) is 26.7. The molecule has 0 unspecified atom stereocenters. The van der Waals surface area contributed by atoms with Crippen molar-refractivity contribution in [2.45, 2.75) is 13.1 Å². The van der Waals surface area contributed by atoms with Crippen LogP contribution in [0.5, 0.6) is 0 Å². The van der Waals surface area contributed by atoms with E-state index in [2.05, 4.69) is 87.4 Å². The van der Waals surface area contributed by atoms with Crippen LogP contribution in [0.2, 0.25) is 13.1 Å². The van der Waals surface area contributed by atoms with Crippen molar-refractivity contribution in [3.05, 3.63) is 229 Å². The minimum absolute atomic E-state index is 0. The summed E-state index contributed by atoms with van der Waals surface area (Å²) in [7, 11) is -1.68. The molecule has 4 aliphatic carbocycles. The van der Waals surface area contributed by atoms with Gasteiger partial charge in [0.15, 0.2) is 0 Å². The van der Waals surface area contributed by atoms with Crippen LogP contribution in [0.4, 0.5) is 65.9 Å². The molecule has 0 spiro atoms. The number of benzene rings is 3. The van der Waals surface area contributed by atoms with Gasteiger partial charge in [0.25, 0.3) is 0 Å². The first kappa shape index (κ1) is 55.2. The first-order valence-corrected chi connectivity index (χ1v) is 17.8. The van der Waals surface area contributed by atoms with Crippen molar-refractivity contribution >= 4 is 25.4 Å². The van der Waals surface area contributed by atoms with Crippen LogP contribution in [0.15, 0.2) is 48.6 Å². The molecule has 2 saturated carbocycles. The Kier molecular flexibility index (Phi) is 22.1. The number of halogens is 15. The second kappa shape index (κ2) is 23.3. The van der Waals surface area contributed by atoms with Gasteiger partial charge in [0.1, 0.15) is 0 Å². The van der Waals surface area contributed by atoms with Gasteiger partial charge in [-0.25, -0.2) is 39.5 Å². The molecule has 0 saturated heterocycles. The zero-order valence-electron chi connectivity index (χ0n) is 30.2. The van der Waals surface area contributed by atoms with E-state index in [1.165, 1.54) is 23.7 Å². The van der Waals surface area contributed by atoms with Gasteiger partial charge in [0.2, 0.25) is 0 Å². The minimum Gasteiger partial charge on any atom is -0.358 e. The minimum atomic E-state index is -2.17. The van der Waals surface area contributed by atoms with E-state index in [1.807, 2.05) is 0 Å². The molecule has 58 heavy (non-hydrogen) atoms. The molecular weight excluding hydrogens is 912 g/mol. The summed E-state index contributed by atoms with van der Waals surface area (Å²) >= 11 is 0. The number of allylic oxidation sites excluding steroid dienone is 8. The molecule has 7 rings (SSSR count). The standard InChI is InChI=1S/C20H18Si.3C6F5.2CH3.Al.Zr/c1-21(2,19-13-11-15-7-3-5-9-17(15)19)20-14-12-16-8-4-6-10-18(16)20;3*7-2-1-3(8)5(10)6(11)4(2)9;;;;/h3-14H,1-2H3;;;;2*1H3;;/q;5*-1;+3;+4. The molecule has 4 aliphatic rings. The molecule has 18 heteroatoms. The number of rotatable bonds is 2. The van der Waals surface area contributed by atoms with Gasteiger partial charge in [0.05, 0.1) is 95.3 Å². The fourth-order valence-corrected chi connectivity index (χ4v) is 8.11. The summed E-state index contributed by atoms with van der Waals surface area (Å²) in [4.78, 5) is 0. The van der Waals surface area contributed by atoms with Crippen molar-refractivity contribution in [1.82, 2.24) is 0 Å². The molecule has 3 aromatic carbocycles. The Bertz CT molecular complexity index is 1710. The van der Waals surface area contributed by atoms with Gasteiger partial charge in [-0.2, -0.15) is 0 Å². The summed E-state index contributed by atoms with van der Waals surface area (Å²) in [5.41, 5.74) is 3.10. The molecule has 10 radical (unpaired) electrons. The maximum atomic E-state index is 12.0. The molecule has 0 atom stereocenters. The average Bonchev–Trinajstić information content (AvgIpc) is 3.80. The molecule has 298 valence electrons. The van der Waals surface area contributed by atoms with Gasteiger partial charge in [-0.05, 0) is 36.8 Å². The smallest absolute Gasteiger partial charge is 0.358 e. The van der Waals surface area contributed by atoms with Crippen LogP contribution in [0.25, 0.3) is 0 Å². The second-order valence-electron chi connectivity index (χ2n) is 11.4. The topological polar surface area (TPSA) is 0 Å². The van der Waals surface area contributed by atoms with Crippen LogP contribution < -0.4 is 0 Å². The Morgan fingerprint density at radius 3 is 0.828 bits per heavy atom. The first-order valence-electron chi connectivity index (χ1n) is 14.8. The Labute approximate surface area is 358 Å². The summed E-state index contributed by atoms with van der Waals surface area (Å²) in [5.74, 6) is -24.6. The van der Waals surface area contributed by atoms with Gasteiger partial charge < -0.3 is 14.9 Å². The molecule has 0 aliphatic heterocycles. The van der Waals surface area contributed by atoms with E-state index in [0.717, 1.165) is 18.2 Å². The zero-order chi connectivity index (χ0) is 40.2. The summed E-state index contributed by atoms with van der Waals surface area (Å²) in [6, 6.07) is 3.07. The molecular formula is C40H24AlF15SiZr+2. The van der Waals surface area contributed by atoms with E-state index in [4.69, 9.17) is 0 Å². The Morgan fingerprint density at radius 1 is 0.362 bits per heavy atom. The van der Waals surface area contributed by atoms with E-state index in [9.17, 15) is 65.9 Å². The van der Waals surface area contributed by atoms with Crippen molar-refractivity contribution in [3.8, 4) is 0 Å². The van der Waals surface area contributed by atoms with E-state index < -0.39 is 95.3 Å². The van der Waals surface area contributed by atoms with Crippen LogP contribution in [0.1, 0.15) is 0 Å². The Morgan fingerprint density at radius 2 is 0.586 bits per heavy atom.